The van der Waals surface area contributed by atoms with Crippen molar-refractivity contribution in [2.45, 2.75) is 15.5 Å². The van der Waals surface area contributed by atoms with E-state index in [0.717, 1.165) is 11.2 Å². The van der Waals surface area contributed by atoms with Crippen LogP contribution in [0.5, 0.6) is 0 Å². The summed E-state index contributed by atoms with van der Waals surface area (Å²) in [6.07, 6.45) is 0.899. The Morgan fingerprint density at radius 3 is 2.65 bits per heavy atom. The first-order chi connectivity index (χ1) is 9.51. The van der Waals surface area contributed by atoms with Crippen molar-refractivity contribution in [3.05, 3.63) is 49.3 Å². The fraction of sp³-hybridized carbons (Fsp3) is 0.0833. The summed E-state index contributed by atoms with van der Waals surface area (Å²) in [4.78, 5) is 22.5. The van der Waals surface area contributed by atoms with Crippen molar-refractivity contribution in [1.82, 2.24) is 0 Å². The first kappa shape index (κ1) is 15.3. The van der Waals surface area contributed by atoms with Crippen LogP contribution in [0.2, 0.25) is 10.0 Å². The maximum Gasteiger partial charge on any atom is 0.294 e. The minimum Gasteiger partial charge on any atom is -0.303 e. The van der Waals surface area contributed by atoms with Crippen LogP contribution in [0, 0.1) is 10.1 Å². The molecule has 20 heavy (non-hydrogen) atoms. The second-order valence-electron chi connectivity index (χ2n) is 3.69. The zero-order chi connectivity index (χ0) is 14.7. The Balaban J connectivity index is 2.33. The lowest BCUT2D eigenvalue weighted by atomic mass is 10.3. The third kappa shape index (κ3) is 3.52. The molecule has 0 aliphatic rings. The average molecular weight is 348 g/mol. The number of rotatable bonds is 5. The molecule has 0 atom stereocenters. The molecule has 4 nitrogen and oxygen atoms in total. The standard InChI is InChI=1S/C12H7Cl2NO3S2/c13-9-2-1-7(5-10(9)14)19-12-11(15(17)18)6-8(20-12)3-4-16/h1-2,4-6H,3H2. The van der Waals surface area contributed by atoms with Gasteiger partial charge in [0.15, 0.2) is 0 Å². The van der Waals surface area contributed by atoms with E-state index >= 15 is 0 Å². The Morgan fingerprint density at radius 1 is 1.30 bits per heavy atom. The molecule has 2 rings (SSSR count). The van der Waals surface area contributed by atoms with Crippen LogP contribution in [-0.4, -0.2) is 11.2 Å². The van der Waals surface area contributed by atoms with Crippen LogP contribution in [0.15, 0.2) is 33.4 Å². The summed E-state index contributed by atoms with van der Waals surface area (Å²) in [5.41, 5.74) is 0.00271. The lowest BCUT2D eigenvalue weighted by Gasteiger charge is -2.01. The Hall–Kier alpha value is -1.08. The average Bonchev–Trinajstić information content (AvgIpc) is 2.77. The molecule has 0 radical (unpaired) electrons. The van der Waals surface area contributed by atoms with E-state index in [1.54, 1.807) is 18.2 Å². The number of hydrogen-bond acceptors (Lipinski definition) is 5. The van der Waals surface area contributed by atoms with Gasteiger partial charge in [-0.15, -0.1) is 11.3 Å². The van der Waals surface area contributed by atoms with Gasteiger partial charge in [0.25, 0.3) is 5.69 Å². The third-order valence-electron chi connectivity index (χ3n) is 2.31. The van der Waals surface area contributed by atoms with E-state index in [4.69, 9.17) is 23.2 Å². The minimum atomic E-state index is -0.454. The Labute approximate surface area is 132 Å². The van der Waals surface area contributed by atoms with Crippen molar-refractivity contribution >= 4 is 58.3 Å². The molecule has 0 amide bonds. The Kier molecular flexibility index (Phi) is 5.04. The van der Waals surface area contributed by atoms with Crippen LogP contribution < -0.4 is 0 Å². The fourth-order valence-corrected chi connectivity index (χ4v) is 4.14. The molecule has 0 bridgehead atoms. The van der Waals surface area contributed by atoms with Gasteiger partial charge >= 0.3 is 0 Å². The van der Waals surface area contributed by atoms with Crippen LogP contribution in [0.1, 0.15) is 4.88 Å². The quantitative estimate of drug-likeness (QED) is 0.440. The first-order valence-electron chi connectivity index (χ1n) is 5.35. The minimum absolute atomic E-state index is 0.00271. The van der Waals surface area contributed by atoms with Crippen LogP contribution in [0.3, 0.4) is 0 Å². The molecule has 8 heteroatoms. The van der Waals surface area contributed by atoms with E-state index in [1.807, 2.05) is 0 Å². The van der Waals surface area contributed by atoms with Gasteiger partial charge in [-0.05, 0) is 18.2 Å². The second kappa shape index (κ2) is 6.58. The lowest BCUT2D eigenvalue weighted by Crippen LogP contribution is -1.86. The summed E-state index contributed by atoms with van der Waals surface area (Å²) in [5, 5.41) is 11.8. The van der Waals surface area contributed by atoms with Crippen LogP contribution in [0.25, 0.3) is 0 Å². The highest BCUT2D eigenvalue weighted by molar-refractivity contribution is 8.01. The normalized spacial score (nSPS) is 10.5. The van der Waals surface area contributed by atoms with Gasteiger partial charge in [0.2, 0.25) is 0 Å². The highest BCUT2D eigenvalue weighted by Gasteiger charge is 2.20. The molecule has 0 aliphatic heterocycles. The topological polar surface area (TPSA) is 60.2 Å². The number of carbonyl (C=O) groups excluding carboxylic acids is 1. The van der Waals surface area contributed by atoms with Crippen molar-refractivity contribution in [2.24, 2.45) is 0 Å². The SMILES string of the molecule is O=CCc1cc([N+](=O)[O-])c(Sc2ccc(Cl)c(Cl)c2)s1. The highest BCUT2D eigenvalue weighted by Crippen LogP contribution is 2.42. The molecule has 2 aromatic rings. The number of hydrogen-bond donors (Lipinski definition) is 0. The summed E-state index contributed by atoms with van der Waals surface area (Å²) in [5.74, 6) is 0. The number of aldehydes is 1. The summed E-state index contributed by atoms with van der Waals surface area (Å²) in [6.45, 7) is 0. The number of halogens is 2. The molecule has 0 saturated carbocycles. The van der Waals surface area contributed by atoms with Gasteiger partial charge < -0.3 is 4.79 Å². The second-order valence-corrected chi connectivity index (χ2v) is 6.98. The molecule has 1 aromatic carbocycles. The van der Waals surface area contributed by atoms with Gasteiger partial charge in [-0.3, -0.25) is 10.1 Å². The molecule has 1 heterocycles. The zero-order valence-electron chi connectivity index (χ0n) is 9.84. The monoisotopic (exact) mass is 347 g/mol. The number of benzene rings is 1. The van der Waals surface area contributed by atoms with E-state index in [-0.39, 0.29) is 12.1 Å². The first-order valence-corrected chi connectivity index (χ1v) is 7.74. The molecule has 0 saturated heterocycles. The van der Waals surface area contributed by atoms with Gasteiger partial charge in [-0.1, -0.05) is 35.0 Å². The van der Waals surface area contributed by atoms with Crippen LogP contribution in [0.4, 0.5) is 5.69 Å². The van der Waals surface area contributed by atoms with E-state index in [1.165, 1.54) is 29.2 Å². The Bertz CT molecular complexity index is 673. The van der Waals surface area contributed by atoms with Crippen molar-refractivity contribution in [1.29, 1.82) is 0 Å². The predicted octanol–water partition coefficient (Wildman–Crippen LogP) is 4.86. The van der Waals surface area contributed by atoms with E-state index < -0.39 is 4.92 Å². The summed E-state index contributed by atoms with van der Waals surface area (Å²) in [6, 6.07) is 6.45. The smallest absolute Gasteiger partial charge is 0.294 e. The molecule has 104 valence electrons. The predicted molar refractivity (Wildman–Crippen MR) is 81.3 cm³/mol. The van der Waals surface area contributed by atoms with E-state index in [0.29, 0.717) is 19.1 Å². The molecule has 0 N–H and O–H groups in total. The lowest BCUT2D eigenvalue weighted by molar-refractivity contribution is -0.387. The van der Waals surface area contributed by atoms with Crippen molar-refractivity contribution < 1.29 is 9.72 Å². The van der Waals surface area contributed by atoms with Gasteiger partial charge in [0.05, 0.1) is 15.0 Å². The number of thiophene rings is 1. The summed E-state index contributed by atoms with van der Waals surface area (Å²) in [7, 11) is 0. The van der Waals surface area contributed by atoms with Gasteiger partial charge in [-0.25, -0.2) is 0 Å². The number of nitro groups is 1. The van der Waals surface area contributed by atoms with Crippen molar-refractivity contribution in [3.63, 3.8) is 0 Å². The van der Waals surface area contributed by atoms with Gasteiger partial charge in [0, 0.05) is 22.3 Å². The molecular formula is C12H7Cl2NO3S2. The maximum atomic E-state index is 11.0. The number of carbonyl (C=O) groups is 1. The van der Waals surface area contributed by atoms with Crippen molar-refractivity contribution in [3.8, 4) is 0 Å². The van der Waals surface area contributed by atoms with E-state index in [2.05, 4.69) is 0 Å². The fourth-order valence-electron chi connectivity index (χ4n) is 1.44. The maximum absolute atomic E-state index is 11.0. The van der Waals surface area contributed by atoms with Crippen molar-refractivity contribution in [2.75, 3.05) is 0 Å². The molecule has 1 aromatic heterocycles. The van der Waals surface area contributed by atoms with E-state index in [9.17, 15) is 14.9 Å². The zero-order valence-corrected chi connectivity index (χ0v) is 13.0. The molecule has 0 aliphatic carbocycles. The van der Waals surface area contributed by atoms with Gasteiger partial charge in [-0.2, -0.15) is 0 Å². The van der Waals surface area contributed by atoms with Crippen LogP contribution >= 0.6 is 46.3 Å². The number of nitrogens with zero attached hydrogens (tertiary/aromatic N) is 1. The molecule has 0 fully saturated rings. The third-order valence-corrected chi connectivity index (χ3v) is 5.38. The molecular weight excluding hydrogens is 341 g/mol. The van der Waals surface area contributed by atoms with Gasteiger partial charge in [0.1, 0.15) is 10.5 Å². The van der Waals surface area contributed by atoms with Crippen LogP contribution in [-0.2, 0) is 11.2 Å². The summed E-state index contributed by atoms with van der Waals surface area (Å²) >= 11 is 14.2. The highest BCUT2D eigenvalue weighted by atomic mass is 35.5. The largest absolute Gasteiger partial charge is 0.303 e. The summed E-state index contributed by atoms with van der Waals surface area (Å²) < 4.78 is 0.519. The Morgan fingerprint density at radius 2 is 2.05 bits per heavy atom. The molecule has 0 unspecified atom stereocenters. The molecule has 0 spiro atoms.